The van der Waals surface area contributed by atoms with E-state index in [9.17, 15) is 9.59 Å². The fourth-order valence-corrected chi connectivity index (χ4v) is 3.95. The van der Waals surface area contributed by atoms with Crippen LogP contribution in [-0.4, -0.2) is 46.1 Å². The molecule has 1 N–H and O–H groups in total. The highest BCUT2D eigenvalue weighted by Gasteiger charge is 2.17. The Morgan fingerprint density at radius 1 is 1.14 bits per heavy atom. The van der Waals surface area contributed by atoms with Gasteiger partial charge in [0, 0.05) is 6.54 Å². The lowest BCUT2D eigenvalue weighted by Gasteiger charge is -2.13. The number of anilines is 1. The zero-order valence-corrected chi connectivity index (χ0v) is 20.8. The minimum absolute atomic E-state index is 0.0676. The summed E-state index contributed by atoms with van der Waals surface area (Å²) in [5.41, 5.74) is 1.74. The van der Waals surface area contributed by atoms with Gasteiger partial charge in [-0.05, 0) is 43.7 Å². The van der Waals surface area contributed by atoms with E-state index in [-0.39, 0.29) is 23.8 Å². The average molecular weight is 497 g/mol. The maximum Gasteiger partial charge on any atom is 0.339 e. The van der Waals surface area contributed by atoms with Crippen molar-refractivity contribution in [2.75, 3.05) is 24.8 Å². The molecule has 35 heavy (non-hydrogen) atoms. The van der Waals surface area contributed by atoms with Gasteiger partial charge in [-0.2, -0.15) is 0 Å². The van der Waals surface area contributed by atoms with Crippen molar-refractivity contribution in [3.8, 4) is 11.5 Å². The minimum Gasteiger partial charge on any atom is -0.490 e. The molecule has 0 unspecified atom stereocenters. The summed E-state index contributed by atoms with van der Waals surface area (Å²) in [4.78, 5) is 24.5. The maximum absolute atomic E-state index is 12.6. The number of hydrogen-bond donors (Lipinski definition) is 1. The summed E-state index contributed by atoms with van der Waals surface area (Å²) in [6.07, 6.45) is 1.72. The highest BCUT2D eigenvalue weighted by atomic mass is 32.2. The molecule has 1 amide bonds. The van der Waals surface area contributed by atoms with E-state index in [1.54, 1.807) is 30.3 Å². The van der Waals surface area contributed by atoms with E-state index in [1.165, 1.54) is 18.9 Å². The first-order valence-corrected chi connectivity index (χ1v) is 11.9. The number of carbonyl (C=O) groups is 2. The SMILES string of the molecule is C=CCn1c(COc2ccc(C)cc2OCC)nnc1SCC(=O)Nc1ccccc1C(=O)OC. The Kier molecular flexibility index (Phi) is 9.31. The highest BCUT2D eigenvalue weighted by molar-refractivity contribution is 7.99. The molecule has 184 valence electrons. The molecule has 0 saturated carbocycles. The molecule has 0 spiro atoms. The first-order chi connectivity index (χ1) is 17.0. The third kappa shape index (κ3) is 6.86. The van der Waals surface area contributed by atoms with Crippen LogP contribution in [0, 0.1) is 6.92 Å². The van der Waals surface area contributed by atoms with E-state index in [2.05, 4.69) is 22.1 Å². The molecule has 0 bridgehead atoms. The van der Waals surface area contributed by atoms with E-state index in [1.807, 2.05) is 36.6 Å². The van der Waals surface area contributed by atoms with Crippen molar-refractivity contribution in [3.05, 3.63) is 72.1 Å². The molecule has 1 aromatic heterocycles. The molecule has 3 aromatic rings. The number of allylic oxidation sites excluding steroid dienone is 1. The number of thioether (sulfide) groups is 1. The molecule has 0 atom stereocenters. The molecule has 3 rings (SSSR count). The lowest BCUT2D eigenvalue weighted by Crippen LogP contribution is -2.17. The second-order valence-corrected chi connectivity index (χ2v) is 8.29. The number of nitrogens with zero attached hydrogens (tertiary/aromatic N) is 3. The van der Waals surface area contributed by atoms with Crippen LogP contribution in [0.1, 0.15) is 28.7 Å². The molecule has 0 aliphatic carbocycles. The quantitative estimate of drug-likeness (QED) is 0.225. The average Bonchev–Trinajstić information content (AvgIpc) is 3.24. The third-order valence-electron chi connectivity index (χ3n) is 4.80. The Hall–Kier alpha value is -3.79. The Balaban J connectivity index is 1.67. The van der Waals surface area contributed by atoms with E-state index < -0.39 is 5.97 Å². The fourth-order valence-electron chi connectivity index (χ4n) is 3.19. The third-order valence-corrected chi connectivity index (χ3v) is 5.77. The molecular formula is C25H28N4O5S. The van der Waals surface area contributed by atoms with Gasteiger partial charge in [0.05, 0.1) is 30.7 Å². The van der Waals surface area contributed by atoms with Crippen LogP contribution in [0.15, 0.2) is 60.3 Å². The highest BCUT2D eigenvalue weighted by Crippen LogP contribution is 2.29. The number of rotatable bonds is 12. The monoisotopic (exact) mass is 496 g/mol. The number of ether oxygens (including phenoxy) is 3. The number of nitrogens with one attached hydrogen (secondary N) is 1. The number of esters is 1. The van der Waals surface area contributed by atoms with Gasteiger partial charge in [0.25, 0.3) is 0 Å². The number of amides is 1. The van der Waals surface area contributed by atoms with E-state index in [0.717, 1.165) is 5.56 Å². The summed E-state index contributed by atoms with van der Waals surface area (Å²) in [6, 6.07) is 12.4. The molecule has 0 saturated heterocycles. The van der Waals surface area contributed by atoms with Crippen molar-refractivity contribution >= 4 is 29.3 Å². The van der Waals surface area contributed by atoms with Crippen LogP contribution >= 0.6 is 11.8 Å². The van der Waals surface area contributed by atoms with Gasteiger partial charge in [-0.3, -0.25) is 9.36 Å². The van der Waals surface area contributed by atoms with Gasteiger partial charge in [-0.25, -0.2) is 4.79 Å². The largest absolute Gasteiger partial charge is 0.490 e. The van der Waals surface area contributed by atoms with Crippen LogP contribution in [-0.2, 0) is 22.7 Å². The van der Waals surface area contributed by atoms with Crippen molar-refractivity contribution in [2.45, 2.75) is 32.2 Å². The summed E-state index contributed by atoms with van der Waals surface area (Å²) in [5.74, 6) is 1.12. The zero-order valence-electron chi connectivity index (χ0n) is 19.9. The molecule has 0 aliphatic heterocycles. The Morgan fingerprint density at radius 2 is 1.94 bits per heavy atom. The molecule has 0 fully saturated rings. The standard InChI is InChI=1S/C25H28N4O5S/c1-5-13-29-22(15-34-20-12-11-17(3)14-21(20)33-6-2)27-28-25(29)35-16-23(30)26-19-10-8-7-9-18(19)24(31)32-4/h5,7-12,14H,1,6,13,15-16H2,2-4H3,(H,26,30). The first kappa shape index (κ1) is 25.8. The number of para-hydroxylation sites is 1. The van der Waals surface area contributed by atoms with Gasteiger partial charge < -0.3 is 19.5 Å². The van der Waals surface area contributed by atoms with Gasteiger partial charge in [0.2, 0.25) is 5.91 Å². The van der Waals surface area contributed by atoms with E-state index in [4.69, 9.17) is 14.2 Å². The number of benzene rings is 2. The second-order valence-electron chi connectivity index (χ2n) is 7.34. The number of aryl methyl sites for hydroxylation is 1. The summed E-state index contributed by atoms with van der Waals surface area (Å²) in [7, 11) is 1.29. The van der Waals surface area contributed by atoms with Gasteiger partial charge >= 0.3 is 5.97 Å². The molecule has 9 nitrogen and oxygen atoms in total. The normalized spacial score (nSPS) is 10.5. The van der Waals surface area contributed by atoms with Crippen LogP contribution in [0.5, 0.6) is 11.5 Å². The molecule has 0 aliphatic rings. The van der Waals surface area contributed by atoms with Gasteiger partial charge in [-0.1, -0.05) is 36.0 Å². The van der Waals surface area contributed by atoms with Crippen molar-refractivity contribution in [2.24, 2.45) is 0 Å². The van der Waals surface area contributed by atoms with Gasteiger partial charge in [0.1, 0.15) is 6.61 Å². The van der Waals surface area contributed by atoms with Crippen molar-refractivity contribution in [3.63, 3.8) is 0 Å². The lowest BCUT2D eigenvalue weighted by molar-refractivity contribution is -0.113. The Labute approximate surface area is 208 Å². The number of methoxy groups -OCH3 is 1. The van der Waals surface area contributed by atoms with Crippen LogP contribution < -0.4 is 14.8 Å². The molecule has 2 aromatic carbocycles. The van der Waals surface area contributed by atoms with Crippen LogP contribution in [0.3, 0.4) is 0 Å². The van der Waals surface area contributed by atoms with Crippen molar-refractivity contribution in [1.82, 2.24) is 14.8 Å². The van der Waals surface area contributed by atoms with Crippen LogP contribution in [0.2, 0.25) is 0 Å². The Morgan fingerprint density at radius 3 is 2.69 bits per heavy atom. The van der Waals surface area contributed by atoms with Crippen molar-refractivity contribution < 1.29 is 23.8 Å². The topological polar surface area (TPSA) is 105 Å². The first-order valence-electron chi connectivity index (χ1n) is 11.0. The lowest BCUT2D eigenvalue weighted by atomic mass is 10.2. The van der Waals surface area contributed by atoms with Gasteiger partial charge in [-0.15, -0.1) is 16.8 Å². The van der Waals surface area contributed by atoms with Gasteiger partial charge in [0.15, 0.2) is 22.5 Å². The molecular weight excluding hydrogens is 468 g/mol. The number of hydrogen-bond acceptors (Lipinski definition) is 8. The molecule has 10 heteroatoms. The molecule has 0 radical (unpaired) electrons. The summed E-state index contributed by atoms with van der Waals surface area (Å²) in [6.45, 7) is 8.85. The van der Waals surface area contributed by atoms with Crippen LogP contribution in [0.25, 0.3) is 0 Å². The van der Waals surface area contributed by atoms with E-state index >= 15 is 0 Å². The van der Waals surface area contributed by atoms with Crippen molar-refractivity contribution in [1.29, 1.82) is 0 Å². The van der Waals surface area contributed by atoms with E-state index in [0.29, 0.717) is 41.3 Å². The second kappa shape index (κ2) is 12.6. The predicted octanol–water partition coefficient (Wildman–Crippen LogP) is 4.27. The summed E-state index contributed by atoms with van der Waals surface area (Å²) in [5, 5.41) is 11.8. The summed E-state index contributed by atoms with van der Waals surface area (Å²) < 4.78 is 18.2. The predicted molar refractivity (Wildman–Crippen MR) is 134 cm³/mol. The Bertz CT molecular complexity index is 1190. The number of aromatic nitrogens is 3. The number of carbonyl (C=O) groups excluding carboxylic acids is 2. The van der Waals surface area contributed by atoms with Crippen LogP contribution in [0.4, 0.5) is 5.69 Å². The smallest absolute Gasteiger partial charge is 0.339 e. The maximum atomic E-state index is 12.6. The summed E-state index contributed by atoms with van der Waals surface area (Å²) >= 11 is 1.22. The fraction of sp³-hybridized carbons (Fsp3) is 0.280. The zero-order chi connectivity index (χ0) is 25.2. The molecule has 1 heterocycles. The minimum atomic E-state index is -0.523.